The minimum Gasteiger partial charge on any atom is -0.493 e. The summed E-state index contributed by atoms with van der Waals surface area (Å²) in [6, 6.07) is 19.1. The van der Waals surface area contributed by atoms with Crippen molar-refractivity contribution in [3.8, 4) is 17.2 Å². The number of ether oxygens (including phenoxy) is 6. The van der Waals surface area contributed by atoms with Crippen LogP contribution in [0.3, 0.4) is 0 Å². The van der Waals surface area contributed by atoms with E-state index in [0.29, 0.717) is 44.3 Å². The minimum absolute atomic E-state index is 0.116. The molecule has 0 aliphatic heterocycles. The van der Waals surface area contributed by atoms with E-state index in [4.69, 9.17) is 38.5 Å². The standard InChI is InChI=1S/C52H68FN3O8S/c1-4-7-8-11-27-56(52-55-46-13-9-10-14-49(46)65-52)54-36-43-34-42(40-19-15-38(12-5-2)16-20-40)23-25-47(43)63-37-39-17-21-41(22-18-39)51(58)64-48-26-24-44(35-45(48)53)61-32-30-59-28-29-60-31-33-62-50(57)6-3/h6,9-10,13-14,23-26,34-36,38-41H,3-5,7-8,11-12,15-22,27-33,37H2,1-2H3/b54-36+. The predicted molar refractivity (Wildman–Crippen MR) is 256 cm³/mol. The fourth-order valence-corrected chi connectivity index (χ4v) is 9.61. The maximum atomic E-state index is 15.0. The number of hydrogen-bond donors (Lipinski definition) is 0. The maximum Gasteiger partial charge on any atom is 0.330 e. The summed E-state index contributed by atoms with van der Waals surface area (Å²) in [5.74, 6) is 0.752. The summed E-state index contributed by atoms with van der Waals surface area (Å²) < 4.78 is 49.6. The molecular weight excluding hydrogens is 846 g/mol. The highest BCUT2D eigenvalue weighted by Crippen LogP contribution is 2.39. The predicted octanol–water partition coefficient (Wildman–Crippen LogP) is 11.9. The topological polar surface area (TPSA) is 118 Å². The highest BCUT2D eigenvalue weighted by atomic mass is 32.1. The number of benzene rings is 3. The Morgan fingerprint density at radius 2 is 1.55 bits per heavy atom. The Kier molecular flexibility index (Phi) is 20.6. The van der Waals surface area contributed by atoms with Crippen LogP contribution in [0.2, 0.25) is 0 Å². The summed E-state index contributed by atoms with van der Waals surface area (Å²) in [5, 5.41) is 8.08. The van der Waals surface area contributed by atoms with Crippen molar-refractivity contribution in [3.05, 3.63) is 90.3 Å². The highest BCUT2D eigenvalue weighted by molar-refractivity contribution is 7.22. The van der Waals surface area contributed by atoms with Gasteiger partial charge in [0.2, 0.25) is 5.13 Å². The molecule has 65 heavy (non-hydrogen) atoms. The molecule has 2 aliphatic rings. The molecule has 0 saturated heterocycles. The Balaban J connectivity index is 1.00. The SMILES string of the molecule is C=CC(=O)OCCOCCOCCOc1ccc(OC(=O)C2CCC(COc3ccc(C4CCC(CCC)CC4)cc3/C=N/N(CCCCCC)c3nc4ccccc4s3)CC2)c(F)c1. The molecule has 13 heteroatoms. The van der Waals surface area contributed by atoms with Gasteiger partial charge in [-0.2, -0.15) is 5.10 Å². The number of halogens is 1. The summed E-state index contributed by atoms with van der Waals surface area (Å²) >= 11 is 1.68. The van der Waals surface area contributed by atoms with Crippen molar-refractivity contribution in [2.45, 2.75) is 110 Å². The molecule has 11 nitrogen and oxygen atoms in total. The smallest absolute Gasteiger partial charge is 0.330 e. The number of unbranched alkanes of at least 4 members (excludes halogenated alkanes) is 3. The molecule has 2 saturated carbocycles. The van der Waals surface area contributed by atoms with Gasteiger partial charge in [0.15, 0.2) is 11.6 Å². The fourth-order valence-electron chi connectivity index (χ4n) is 8.66. The van der Waals surface area contributed by atoms with Gasteiger partial charge in [0.1, 0.15) is 24.7 Å². The zero-order valence-corrected chi connectivity index (χ0v) is 39.2. The second kappa shape index (κ2) is 26.9. The summed E-state index contributed by atoms with van der Waals surface area (Å²) in [4.78, 5) is 29.2. The van der Waals surface area contributed by atoms with Crippen molar-refractivity contribution >= 4 is 44.8 Å². The van der Waals surface area contributed by atoms with E-state index >= 15 is 0 Å². The molecule has 0 atom stereocenters. The average molecular weight is 914 g/mol. The molecule has 2 aliphatic carbocycles. The second-order valence-electron chi connectivity index (χ2n) is 17.2. The summed E-state index contributed by atoms with van der Waals surface area (Å²) in [6.07, 6.45) is 18.1. The van der Waals surface area contributed by atoms with Crippen LogP contribution >= 0.6 is 11.3 Å². The summed E-state index contributed by atoms with van der Waals surface area (Å²) in [5.41, 5.74) is 3.32. The maximum absolute atomic E-state index is 15.0. The Morgan fingerprint density at radius 3 is 2.29 bits per heavy atom. The molecule has 0 N–H and O–H groups in total. The van der Waals surface area contributed by atoms with E-state index in [9.17, 15) is 14.0 Å². The number of carbonyl (C=O) groups is 2. The van der Waals surface area contributed by atoms with E-state index in [2.05, 4.69) is 61.8 Å². The van der Waals surface area contributed by atoms with Crippen molar-refractivity contribution in [1.29, 1.82) is 0 Å². The van der Waals surface area contributed by atoms with E-state index in [0.717, 1.165) is 70.9 Å². The van der Waals surface area contributed by atoms with Crippen LogP contribution < -0.4 is 19.2 Å². The lowest BCUT2D eigenvalue weighted by atomic mass is 9.77. The number of thiazole rings is 1. The first-order valence-electron chi connectivity index (χ1n) is 23.9. The van der Waals surface area contributed by atoms with Gasteiger partial charge in [-0.1, -0.05) is 82.1 Å². The first-order chi connectivity index (χ1) is 31.8. The van der Waals surface area contributed by atoms with Crippen LogP contribution in [0, 0.1) is 23.6 Å². The lowest BCUT2D eigenvalue weighted by molar-refractivity contribution is -0.141. The molecule has 4 aromatic rings. The first kappa shape index (κ1) is 49.6. The van der Waals surface area contributed by atoms with Crippen LogP contribution in [0.4, 0.5) is 9.52 Å². The molecule has 3 aromatic carbocycles. The van der Waals surface area contributed by atoms with Crippen LogP contribution in [0.5, 0.6) is 17.2 Å². The van der Waals surface area contributed by atoms with E-state index in [1.54, 1.807) is 17.4 Å². The Labute approximate surface area is 388 Å². The van der Waals surface area contributed by atoms with Crippen molar-refractivity contribution in [1.82, 2.24) is 4.98 Å². The molecule has 0 spiro atoms. The fraction of sp³-hybridized carbons (Fsp3) is 0.538. The monoisotopic (exact) mass is 913 g/mol. The van der Waals surface area contributed by atoms with Crippen molar-refractivity contribution in [2.24, 2.45) is 22.9 Å². The molecule has 1 heterocycles. The van der Waals surface area contributed by atoms with Crippen LogP contribution in [0.15, 0.2) is 78.4 Å². The zero-order chi connectivity index (χ0) is 45.6. The van der Waals surface area contributed by atoms with E-state index in [1.807, 2.05) is 12.3 Å². The lowest BCUT2D eigenvalue weighted by Crippen LogP contribution is -2.28. The third-order valence-electron chi connectivity index (χ3n) is 12.4. The number of nitrogens with zero attached hydrogens (tertiary/aromatic N) is 3. The number of anilines is 1. The third kappa shape index (κ3) is 15.9. The molecule has 0 radical (unpaired) electrons. The van der Waals surface area contributed by atoms with Crippen LogP contribution in [0.1, 0.15) is 121 Å². The van der Waals surface area contributed by atoms with Crippen molar-refractivity contribution in [3.63, 3.8) is 0 Å². The van der Waals surface area contributed by atoms with Gasteiger partial charge < -0.3 is 28.4 Å². The molecular formula is C52H68FN3O8S. The number of carbonyl (C=O) groups excluding carboxylic acids is 2. The summed E-state index contributed by atoms with van der Waals surface area (Å²) in [6.45, 7) is 10.7. The van der Waals surface area contributed by atoms with Crippen LogP contribution in [0.25, 0.3) is 10.2 Å². The van der Waals surface area contributed by atoms with E-state index in [-0.39, 0.29) is 44.0 Å². The van der Waals surface area contributed by atoms with Gasteiger partial charge in [-0.25, -0.2) is 19.2 Å². The number of hydrogen-bond acceptors (Lipinski definition) is 12. The minimum atomic E-state index is -0.668. The van der Waals surface area contributed by atoms with Gasteiger partial charge in [-0.05, 0) is 118 Å². The zero-order valence-electron chi connectivity index (χ0n) is 38.4. The van der Waals surface area contributed by atoms with Crippen molar-refractivity contribution in [2.75, 3.05) is 57.8 Å². The molecule has 2 fully saturated rings. The lowest BCUT2D eigenvalue weighted by Gasteiger charge is -2.29. The van der Waals surface area contributed by atoms with Gasteiger partial charge in [-0.3, -0.25) is 4.79 Å². The molecule has 6 rings (SSSR count). The molecule has 352 valence electrons. The molecule has 0 amide bonds. The van der Waals surface area contributed by atoms with Gasteiger partial charge in [0.25, 0.3) is 0 Å². The quantitative estimate of drug-likeness (QED) is 0.0143. The van der Waals surface area contributed by atoms with Crippen molar-refractivity contribution < 1.29 is 42.4 Å². The van der Waals surface area contributed by atoms with Crippen LogP contribution in [-0.2, 0) is 23.8 Å². The Morgan fingerprint density at radius 1 is 0.815 bits per heavy atom. The normalized spacial score (nSPS) is 18.7. The Hall–Kier alpha value is -4.85. The number of hydrazone groups is 1. The molecule has 1 aromatic heterocycles. The molecule has 0 unspecified atom stereocenters. The van der Waals surface area contributed by atoms with Gasteiger partial charge in [0.05, 0.1) is 55.4 Å². The number of aromatic nitrogens is 1. The first-order valence-corrected chi connectivity index (χ1v) is 24.7. The average Bonchev–Trinajstić information content (AvgIpc) is 3.77. The van der Waals surface area contributed by atoms with Gasteiger partial charge >= 0.3 is 11.9 Å². The largest absolute Gasteiger partial charge is 0.493 e. The Bertz CT molecular complexity index is 2080. The number of para-hydroxylation sites is 1. The second-order valence-corrected chi connectivity index (χ2v) is 18.2. The number of fused-ring (bicyclic) bond motifs is 1. The third-order valence-corrected chi connectivity index (χ3v) is 13.4. The van der Waals surface area contributed by atoms with E-state index < -0.39 is 17.8 Å². The van der Waals surface area contributed by atoms with Crippen LogP contribution in [-0.4, -0.2) is 75.9 Å². The summed E-state index contributed by atoms with van der Waals surface area (Å²) in [7, 11) is 0. The van der Waals surface area contributed by atoms with E-state index in [1.165, 1.54) is 69.1 Å². The highest BCUT2D eigenvalue weighted by Gasteiger charge is 2.29. The van der Waals surface area contributed by atoms with Gasteiger partial charge in [0, 0.05) is 24.3 Å². The molecule has 0 bridgehead atoms. The van der Waals surface area contributed by atoms with Gasteiger partial charge in [-0.15, -0.1) is 0 Å². The number of esters is 2. The number of rotatable bonds is 27.